The van der Waals surface area contributed by atoms with Crippen LogP contribution in [0.2, 0.25) is 0 Å². The summed E-state index contributed by atoms with van der Waals surface area (Å²) in [5.41, 5.74) is -1.23. The maximum Gasteiger partial charge on any atom is 0.151 e. The van der Waals surface area contributed by atoms with Crippen molar-refractivity contribution in [1.29, 1.82) is 0 Å². The molecule has 0 heterocycles. The van der Waals surface area contributed by atoms with Crippen molar-refractivity contribution in [2.45, 2.75) is 27.2 Å². The van der Waals surface area contributed by atoms with E-state index < -0.39 is 34.6 Å². The van der Waals surface area contributed by atoms with Crippen molar-refractivity contribution < 1.29 is 17.6 Å². The summed E-state index contributed by atoms with van der Waals surface area (Å²) in [6, 6.07) is 6.76. The fourth-order valence-electron chi connectivity index (χ4n) is 2.11. The lowest BCUT2D eigenvalue weighted by molar-refractivity contribution is 0.433. The molecule has 0 amide bonds. The molecule has 2 aromatic carbocycles. The maximum absolute atomic E-state index is 13.8. The minimum absolute atomic E-state index is 0.0653. The highest BCUT2D eigenvalue weighted by Gasteiger charge is 2.19. The quantitative estimate of drug-likeness (QED) is 0.425. The van der Waals surface area contributed by atoms with E-state index in [1.807, 2.05) is 20.8 Å². The van der Waals surface area contributed by atoms with Crippen molar-refractivity contribution in [3.63, 3.8) is 0 Å². The molecule has 0 unspecified atom stereocenters. The van der Waals surface area contributed by atoms with Crippen LogP contribution < -0.4 is 5.32 Å². The number of anilines is 1. The molecule has 0 aliphatic heterocycles. The van der Waals surface area contributed by atoms with Crippen LogP contribution in [0.1, 0.15) is 27.2 Å². The maximum atomic E-state index is 13.8. The Hall–Kier alpha value is -2.37. The molecule has 2 nitrogen and oxygen atoms in total. The Balaban J connectivity index is 2.48. The molecule has 0 spiro atoms. The molecule has 6 heteroatoms. The lowest BCUT2D eigenvalue weighted by Crippen LogP contribution is -2.21. The van der Waals surface area contributed by atoms with Crippen LogP contribution in [0.4, 0.5) is 28.9 Å². The average Bonchev–Trinajstić information content (AvgIpc) is 2.45. The minimum Gasteiger partial charge on any atom is -0.339 e. The number of hydrogen-bond acceptors (Lipinski definition) is 1. The summed E-state index contributed by atoms with van der Waals surface area (Å²) in [6.45, 7) is 5.62. The molecule has 0 atom stereocenters. The zero-order chi connectivity index (χ0) is 17.9. The summed E-state index contributed by atoms with van der Waals surface area (Å²) in [7, 11) is 0. The number of amidine groups is 1. The SMILES string of the molecule is CC(C)(C)CC(=Nc1c(F)cccc1F)Nc1c(F)cccc1F. The van der Waals surface area contributed by atoms with Gasteiger partial charge < -0.3 is 5.32 Å². The predicted octanol–water partition coefficient (Wildman–Crippen LogP) is 5.82. The molecule has 0 aromatic heterocycles. The number of nitrogens with zero attached hydrogens (tertiary/aromatic N) is 1. The molecule has 2 aromatic rings. The largest absolute Gasteiger partial charge is 0.339 e. The number of para-hydroxylation sites is 2. The molecule has 24 heavy (non-hydrogen) atoms. The first-order chi connectivity index (χ1) is 11.2. The third-order valence-corrected chi connectivity index (χ3v) is 3.11. The molecular formula is C18H18F4N2. The van der Waals surface area contributed by atoms with Gasteiger partial charge in [0.05, 0.1) is 0 Å². The summed E-state index contributed by atoms with van der Waals surface area (Å²) in [5, 5.41) is 2.54. The number of aliphatic imine (C=N–C) groups is 1. The van der Waals surface area contributed by atoms with Crippen LogP contribution in [-0.4, -0.2) is 5.84 Å². The fourth-order valence-corrected chi connectivity index (χ4v) is 2.11. The van der Waals surface area contributed by atoms with E-state index in [1.165, 1.54) is 12.1 Å². The Morgan fingerprint density at radius 1 is 0.875 bits per heavy atom. The zero-order valence-corrected chi connectivity index (χ0v) is 13.6. The van der Waals surface area contributed by atoms with Gasteiger partial charge in [-0.2, -0.15) is 0 Å². The standard InChI is InChI=1S/C18H18F4N2/c1-18(2,3)10-15(23-16-11(19)6-4-7-12(16)20)24-17-13(21)8-5-9-14(17)22/h4-9H,10H2,1-3H3,(H,23,24). The normalized spacial score (nSPS) is 12.4. The third kappa shape index (κ3) is 4.57. The predicted molar refractivity (Wildman–Crippen MR) is 87.5 cm³/mol. The van der Waals surface area contributed by atoms with E-state index in [4.69, 9.17) is 0 Å². The highest BCUT2D eigenvalue weighted by atomic mass is 19.1. The van der Waals surface area contributed by atoms with Gasteiger partial charge in [0.15, 0.2) is 11.6 Å². The van der Waals surface area contributed by atoms with Crippen LogP contribution in [0.3, 0.4) is 0 Å². The van der Waals surface area contributed by atoms with Crippen molar-refractivity contribution in [3.05, 3.63) is 59.7 Å². The second-order valence-electron chi connectivity index (χ2n) is 6.59. The first kappa shape index (κ1) is 18.0. The van der Waals surface area contributed by atoms with Gasteiger partial charge in [-0.3, -0.25) is 0 Å². The Kier molecular flexibility index (Phi) is 5.26. The molecule has 0 saturated carbocycles. The van der Waals surface area contributed by atoms with E-state index in [1.54, 1.807) is 0 Å². The van der Waals surface area contributed by atoms with Gasteiger partial charge in [-0.15, -0.1) is 0 Å². The Labute approximate surface area is 138 Å². The number of benzene rings is 2. The monoisotopic (exact) mass is 338 g/mol. The van der Waals surface area contributed by atoms with Crippen LogP contribution in [0.15, 0.2) is 41.4 Å². The van der Waals surface area contributed by atoms with Crippen LogP contribution in [0.5, 0.6) is 0 Å². The Morgan fingerprint density at radius 3 is 1.79 bits per heavy atom. The lowest BCUT2D eigenvalue weighted by Gasteiger charge is -2.21. The first-order valence-corrected chi connectivity index (χ1v) is 7.40. The average molecular weight is 338 g/mol. The molecule has 0 aliphatic rings. The number of hydrogen-bond donors (Lipinski definition) is 1. The number of nitrogens with one attached hydrogen (secondary N) is 1. The second kappa shape index (κ2) is 7.03. The van der Waals surface area contributed by atoms with Crippen molar-refractivity contribution in [3.8, 4) is 0 Å². The zero-order valence-electron chi connectivity index (χ0n) is 13.6. The van der Waals surface area contributed by atoms with Crippen LogP contribution >= 0.6 is 0 Å². The third-order valence-electron chi connectivity index (χ3n) is 3.11. The molecule has 1 N–H and O–H groups in total. The van der Waals surface area contributed by atoms with Crippen LogP contribution in [-0.2, 0) is 0 Å². The first-order valence-electron chi connectivity index (χ1n) is 7.40. The van der Waals surface area contributed by atoms with Crippen molar-refractivity contribution in [1.82, 2.24) is 0 Å². The molecule has 0 aliphatic carbocycles. The molecule has 2 rings (SSSR count). The topological polar surface area (TPSA) is 24.4 Å². The van der Waals surface area contributed by atoms with Crippen LogP contribution in [0, 0.1) is 28.7 Å². The smallest absolute Gasteiger partial charge is 0.151 e. The van der Waals surface area contributed by atoms with Gasteiger partial charge in [-0.25, -0.2) is 22.6 Å². The van der Waals surface area contributed by atoms with Gasteiger partial charge in [0.25, 0.3) is 0 Å². The number of halogens is 4. The van der Waals surface area contributed by atoms with Gasteiger partial charge in [-0.1, -0.05) is 32.9 Å². The van der Waals surface area contributed by atoms with Gasteiger partial charge in [0, 0.05) is 6.42 Å². The Bertz CT molecular complexity index is 724. The number of rotatable bonds is 3. The summed E-state index contributed by atoms with van der Waals surface area (Å²) in [6.07, 6.45) is 0.231. The molecular weight excluding hydrogens is 320 g/mol. The molecule has 0 radical (unpaired) electrons. The molecule has 128 valence electrons. The van der Waals surface area contributed by atoms with Gasteiger partial charge >= 0.3 is 0 Å². The lowest BCUT2D eigenvalue weighted by atomic mass is 9.91. The molecule has 0 bridgehead atoms. The minimum atomic E-state index is -0.850. The van der Waals surface area contributed by atoms with E-state index >= 15 is 0 Å². The van der Waals surface area contributed by atoms with Crippen molar-refractivity contribution in [2.24, 2.45) is 10.4 Å². The van der Waals surface area contributed by atoms with Crippen molar-refractivity contribution in [2.75, 3.05) is 5.32 Å². The van der Waals surface area contributed by atoms with Crippen LogP contribution in [0.25, 0.3) is 0 Å². The summed E-state index contributed by atoms with van der Waals surface area (Å²) >= 11 is 0. The molecule has 0 saturated heterocycles. The summed E-state index contributed by atoms with van der Waals surface area (Å²) < 4.78 is 55.3. The molecule has 0 fully saturated rings. The van der Waals surface area contributed by atoms with Crippen molar-refractivity contribution >= 4 is 17.2 Å². The van der Waals surface area contributed by atoms with E-state index in [2.05, 4.69) is 10.3 Å². The Morgan fingerprint density at radius 2 is 1.33 bits per heavy atom. The van der Waals surface area contributed by atoms with E-state index in [9.17, 15) is 17.6 Å². The van der Waals surface area contributed by atoms with E-state index in [-0.39, 0.29) is 17.7 Å². The van der Waals surface area contributed by atoms with Gasteiger partial charge in [-0.05, 0) is 29.7 Å². The van der Waals surface area contributed by atoms with Gasteiger partial charge in [0.2, 0.25) is 0 Å². The van der Waals surface area contributed by atoms with E-state index in [0.717, 1.165) is 24.3 Å². The van der Waals surface area contributed by atoms with E-state index in [0.29, 0.717) is 0 Å². The second-order valence-corrected chi connectivity index (χ2v) is 6.59. The fraction of sp³-hybridized carbons (Fsp3) is 0.278. The highest BCUT2D eigenvalue weighted by Crippen LogP contribution is 2.27. The summed E-state index contributed by atoms with van der Waals surface area (Å²) in [5.74, 6) is -3.26. The highest BCUT2D eigenvalue weighted by molar-refractivity contribution is 5.97. The van der Waals surface area contributed by atoms with Gasteiger partial charge in [0.1, 0.15) is 28.8 Å². The summed E-state index contributed by atoms with van der Waals surface area (Å²) in [4.78, 5) is 3.94.